The van der Waals surface area contributed by atoms with Crippen LogP contribution in [-0.2, 0) is 14.9 Å². The average Bonchev–Trinajstić information content (AvgIpc) is 1.85. The minimum atomic E-state index is -3.71. The zero-order valence-corrected chi connectivity index (χ0v) is 8.01. The molecule has 0 bridgehead atoms. The number of carbonyl (C=O) groups excluding carboxylic acids is 1. The number of nitrogens with zero attached hydrogens (tertiary/aromatic N) is 1. The van der Waals surface area contributed by atoms with E-state index in [1.54, 1.807) is 11.6 Å². The highest BCUT2D eigenvalue weighted by molar-refractivity contribution is 7.87. The first kappa shape index (κ1) is 11.2. The second-order valence-corrected chi connectivity index (χ2v) is 3.99. The molecule has 0 radical (unpaired) electrons. The fraction of sp³-hybridized carbons (Fsp3) is 0.800. The van der Waals surface area contributed by atoms with Gasteiger partial charge in [-0.25, -0.2) is 9.52 Å². The molecule has 0 spiro atoms. The predicted octanol–water partition coefficient (Wildman–Crippen LogP) is -0.461. The van der Waals surface area contributed by atoms with Gasteiger partial charge in [-0.1, -0.05) is 0 Å². The van der Waals surface area contributed by atoms with Crippen LogP contribution in [0.5, 0.6) is 0 Å². The van der Waals surface area contributed by atoms with Gasteiger partial charge in [-0.3, -0.25) is 0 Å². The molecule has 0 aliphatic carbocycles. The molecule has 0 aliphatic rings. The van der Waals surface area contributed by atoms with Gasteiger partial charge in [0.15, 0.2) is 0 Å². The first-order chi connectivity index (χ1) is 5.40. The van der Waals surface area contributed by atoms with Gasteiger partial charge in [-0.15, -0.1) is 0 Å². The summed E-state index contributed by atoms with van der Waals surface area (Å²) >= 11 is 0. The van der Waals surface area contributed by atoms with Crippen LogP contribution in [0.4, 0.5) is 4.79 Å². The van der Waals surface area contributed by atoms with Gasteiger partial charge in [0, 0.05) is 14.1 Å². The summed E-state index contributed by atoms with van der Waals surface area (Å²) in [4.78, 5) is 10.6. The summed E-state index contributed by atoms with van der Waals surface area (Å²) in [7, 11) is -1.10. The number of hydrogen-bond donors (Lipinski definition) is 1. The van der Waals surface area contributed by atoms with Crippen LogP contribution in [0.25, 0.3) is 0 Å². The molecule has 6 nitrogen and oxygen atoms in total. The van der Waals surface area contributed by atoms with Gasteiger partial charge >= 0.3 is 16.3 Å². The molecule has 0 heterocycles. The summed E-state index contributed by atoms with van der Waals surface area (Å²) in [5, 5.41) is 0. The molecule has 0 unspecified atom stereocenters. The molecule has 0 aliphatic heterocycles. The molecule has 0 atom stereocenters. The van der Waals surface area contributed by atoms with Crippen LogP contribution in [0.15, 0.2) is 0 Å². The van der Waals surface area contributed by atoms with Crippen LogP contribution in [0.1, 0.15) is 6.92 Å². The number of carbonyl (C=O) groups is 1. The number of ether oxygens (including phenoxy) is 1. The van der Waals surface area contributed by atoms with E-state index in [9.17, 15) is 13.2 Å². The Balaban J connectivity index is 4.17. The minimum Gasteiger partial charge on any atom is -0.449 e. The smallest absolute Gasteiger partial charge is 0.421 e. The van der Waals surface area contributed by atoms with Crippen molar-refractivity contribution in [3.8, 4) is 0 Å². The van der Waals surface area contributed by atoms with E-state index >= 15 is 0 Å². The van der Waals surface area contributed by atoms with Crippen molar-refractivity contribution in [1.82, 2.24) is 9.03 Å². The van der Waals surface area contributed by atoms with E-state index < -0.39 is 16.3 Å². The second kappa shape index (κ2) is 4.27. The van der Waals surface area contributed by atoms with Crippen molar-refractivity contribution in [3.05, 3.63) is 0 Å². The van der Waals surface area contributed by atoms with E-state index in [1.165, 1.54) is 14.1 Å². The first-order valence-electron chi connectivity index (χ1n) is 3.27. The molecule has 0 fully saturated rings. The molecule has 0 rings (SSSR count). The summed E-state index contributed by atoms with van der Waals surface area (Å²) in [6, 6.07) is 0. The Kier molecular flexibility index (Phi) is 3.98. The molecule has 0 aromatic rings. The van der Waals surface area contributed by atoms with E-state index in [0.717, 1.165) is 4.31 Å². The first-order valence-corrected chi connectivity index (χ1v) is 4.71. The second-order valence-electron chi connectivity index (χ2n) is 2.11. The molecule has 72 valence electrons. The number of amides is 1. The molecule has 1 amide bonds. The van der Waals surface area contributed by atoms with Crippen LogP contribution >= 0.6 is 0 Å². The van der Waals surface area contributed by atoms with E-state index in [2.05, 4.69) is 4.74 Å². The van der Waals surface area contributed by atoms with Crippen molar-refractivity contribution in [3.63, 3.8) is 0 Å². The fourth-order valence-electron chi connectivity index (χ4n) is 0.357. The molecule has 1 N–H and O–H groups in total. The third-order valence-corrected chi connectivity index (χ3v) is 2.35. The fourth-order valence-corrected chi connectivity index (χ4v) is 0.809. The molecule has 0 aromatic heterocycles. The van der Waals surface area contributed by atoms with Gasteiger partial charge in [0.05, 0.1) is 6.61 Å². The predicted molar refractivity (Wildman–Crippen MR) is 42.8 cm³/mol. The van der Waals surface area contributed by atoms with Gasteiger partial charge in [0.25, 0.3) is 0 Å². The lowest BCUT2D eigenvalue weighted by atomic mass is 10.9. The third-order valence-electron chi connectivity index (χ3n) is 0.968. The maximum Gasteiger partial charge on any atom is 0.421 e. The normalized spacial score (nSPS) is 11.3. The van der Waals surface area contributed by atoms with E-state index in [4.69, 9.17) is 0 Å². The largest absolute Gasteiger partial charge is 0.449 e. The molecule has 12 heavy (non-hydrogen) atoms. The van der Waals surface area contributed by atoms with Crippen LogP contribution in [0, 0.1) is 0 Å². The number of hydrogen-bond acceptors (Lipinski definition) is 4. The maximum absolute atomic E-state index is 10.9. The van der Waals surface area contributed by atoms with Gasteiger partial charge in [-0.05, 0) is 6.92 Å². The Morgan fingerprint density at radius 2 is 2.00 bits per heavy atom. The van der Waals surface area contributed by atoms with Gasteiger partial charge in [0.1, 0.15) is 0 Å². The lowest BCUT2D eigenvalue weighted by Crippen LogP contribution is -2.39. The Hall–Kier alpha value is -0.820. The summed E-state index contributed by atoms with van der Waals surface area (Å²) in [6.07, 6.45) is -0.966. The highest BCUT2D eigenvalue weighted by Crippen LogP contribution is 1.89. The number of rotatable bonds is 3. The van der Waals surface area contributed by atoms with Crippen molar-refractivity contribution in [1.29, 1.82) is 0 Å². The van der Waals surface area contributed by atoms with Crippen LogP contribution in [0.3, 0.4) is 0 Å². The van der Waals surface area contributed by atoms with Crippen LogP contribution < -0.4 is 4.72 Å². The summed E-state index contributed by atoms with van der Waals surface area (Å²) in [6.45, 7) is 1.72. The Bertz CT molecular complexity index is 246. The lowest BCUT2D eigenvalue weighted by molar-refractivity contribution is 0.158. The van der Waals surface area contributed by atoms with Crippen LogP contribution in [0.2, 0.25) is 0 Å². The Morgan fingerprint density at radius 1 is 1.50 bits per heavy atom. The molecular weight excluding hydrogens is 184 g/mol. The standard InChI is InChI=1S/C5H12N2O4S/c1-4-11-5(8)6-12(9,10)7(2)3/h4H2,1-3H3,(H,6,8). The van der Waals surface area contributed by atoms with E-state index in [1.807, 2.05) is 0 Å². The summed E-state index contributed by atoms with van der Waals surface area (Å²) < 4.78 is 28.8. The monoisotopic (exact) mass is 196 g/mol. The molecule has 0 saturated carbocycles. The SMILES string of the molecule is CCOC(=O)NS(=O)(=O)N(C)C. The van der Waals surface area contributed by atoms with Gasteiger partial charge in [0.2, 0.25) is 0 Å². The van der Waals surface area contributed by atoms with Crippen molar-refractivity contribution in [2.75, 3.05) is 20.7 Å². The maximum atomic E-state index is 10.9. The zero-order chi connectivity index (χ0) is 9.78. The molecular formula is C5H12N2O4S. The molecule has 0 saturated heterocycles. The topological polar surface area (TPSA) is 75.7 Å². The van der Waals surface area contributed by atoms with Crippen molar-refractivity contribution in [2.24, 2.45) is 0 Å². The zero-order valence-electron chi connectivity index (χ0n) is 7.20. The van der Waals surface area contributed by atoms with Crippen LogP contribution in [-0.4, -0.2) is 39.5 Å². The third kappa shape index (κ3) is 3.54. The van der Waals surface area contributed by atoms with Gasteiger partial charge < -0.3 is 4.74 Å². The Morgan fingerprint density at radius 3 is 2.33 bits per heavy atom. The van der Waals surface area contributed by atoms with Gasteiger partial charge in [-0.2, -0.15) is 12.7 Å². The summed E-state index contributed by atoms with van der Waals surface area (Å²) in [5.74, 6) is 0. The van der Waals surface area contributed by atoms with Crippen molar-refractivity contribution < 1.29 is 17.9 Å². The summed E-state index contributed by atoms with van der Waals surface area (Å²) in [5.41, 5.74) is 0. The Labute approximate surface area is 71.7 Å². The van der Waals surface area contributed by atoms with Crippen molar-refractivity contribution >= 4 is 16.3 Å². The highest BCUT2D eigenvalue weighted by Gasteiger charge is 2.16. The average molecular weight is 196 g/mol. The van der Waals surface area contributed by atoms with Crippen molar-refractivity contribution in [2.45, 2.75) is 6.92 Å². The molecule has 0 aromatic carbocycles. The quantitative estimate of drug-likeness (QED) is 0.662. The highest BCUT2D eigenvalue weighted by atomic mass is 32.2. The number of nitrogens with one attached hydrogen (secondary N) is 1. The molecule has 7 heteroatoms. The van der Waals surface area contributed by atoms with E-state index in [0.29, 0.717) is 0 Å². The minimum absolute atomic E-state index is 0.134. The lowest BCUT2D eigenvalue weighted by Gasteiger charge is -2.11. The van der Waals surface area contributed by atoms with E-state index in [-0.39, 0.29) is 6.61 Å².